The number of hydrogen-bond donors (Lipinski definition) is 3. The third-order valence-corrected chi connectivity index (χ3v) is 2.55. The van der Waals surface area contributed by atoms with Crippen LogP contribution in [0.4, 0.5) is 0 Å². The Labute approximate surface area is 67.5 Å². The molecule has 0 aliphatic heterocycles. The maximum Gasteiger partial charge on any atom is 0.276 e. The summed E-state index contributed by atoms with van der Waals surface area (Å²) in [5, 5.41) is 0. The van der Waals surface area contributed by atoms with E-state index in [9.17, 15) is 8.42 Å². The highest BCUT2D eigenvalue weighted by molar-refractivity contribution is 7.87. The van der Waals surface area contributed by atoms with Gasteiger partial charge in [0, 0.05) is 19.6 Å². The first-order chi connectivity index (χ1) is 5.05. The predicted molar refractivity (Wildman–Crippen MR) is 44.2 cm³/mol. The normalized spacial score (nSPS) is 14.8. The third kappa shape index (κ3) is 4.31. The maximum absolute atomic E-state index is 10.8. The van der Waals surface area contributed by atoms with Crippen LogP contribution in [0.3, 0.4) is 0 Å². The molecule has 0 radical (unpaired) electrons. The van der Waals surface area contributed by atoms with Crippen LogP contribution in [0.25, 0.3) is 0 Å². The molecule has 0 aromatic heterocycles. The van der Waals surface area contributed by atoms with Crippen LogP contribution in [-0.2, 0) is 10.2 Å². The van der Waals surface area contributed by atoms with Crippen LogP contribution in [0.5, 0.6) is 0 Å². The molecule has 0 fully saturated rings. The molecule has 1 atom stereocenters. The Bertz CT molecular complexity index is 186. The molecule has 6 heteroatoms. The first kappa shape index (κ1) is 10.8. The summed E-state index contributed by atoms with van der Waals surface area (Å²) in [6.45, 7) is 2.19. The van der Waals surface area contributed by atoms with Gasteiger partial charge in [0.2, 0.25) is 0 Å². The van der Waals surface area contributed by atoms with Gasteiger partial charge in [-0.2, -0.15) is 13.1 Å². The van der Waals surface area contributed by atoms with Crippen molar-refractivity contribution in [3.8, 4) is 0 Å². The number of nitrogens with one attached hydrogen (secondary N) is 2. The Morgan fingerprint density at radius 2 is 2.09 bits per heavy atom. The number of nitrogens with two attached hydrogens (primary N) is 1. The lowest BCUT2D eigenvalue weighted by molar-refractivity contribution is 0.536. The van der Waals surface area contributed by atoms with E-state index in [1.807, 2.05) is 6.92 Å². The van der Waals surface area contributed by atoms with Gasteiger partial charge in [0.1, 0.15) is 0 Å². The molecule has 0 aromatic carbocycles. The van der Waals surface area contributed by atoms with E-state index in [4.69, 9.17) is 5.73 Å². The van der Waals surface area contributed by atoms with Gasteiger partial charge >= 0.3 is 0 Å². The number of rotatable bonds is 5. The van der Waals surface area contributed by atoms with Crippen molar-refractivity contribution in [3.05, 3.63) is 0 Å². The molecule has 0 amide bonds. The molecule has 0 bridgehead atoms. The molecule has 4 N–H and O–H groups in total. The fourth-order valence-electron chi connectivity index (χ4n) is 0.576. The zero-order valence-corrected chi connectivity index (χ0v) is 7.61. The van der Waals surface area contributed by atoms with E-state index in [0.717, 1.165) is 0 Å². The van der Waals surface area contributed by atoms with Gasteiger partial charge in [0.05, 0.1) is 0 Å². The van der Waals surface area contributed by atoms with E-state index in [1.54, 1.807) is 0 Å². The van der Waals surface area contributed by atoms with Gasteiger partial charge in [0.15, 0.2) is 0 Å². The second kappa shape index (κ2) is 4.66. The number of hydrogen-bond acceptors (Lipinski definition) is 3. The lowest BCUT2D eigenvalue weighted by Crippen LogP contribution is -2.44. The van der Waals surface area contributed by atoms with Crippen molar-refractivity contribution in [3.63, 3.8) is 0 Å². The zero-order valence-electron chi connectivity index (χ0n) is 6.79. The smallest absolute Gasteiger partial charge is 0.276 e. The SMILES string of the molecule is CCC(CN)NS(=O)(=O)NC. The molecule has 0 saturated carbocycles. The summed E-state index contributed by atoms with van der Waals surface area (Å²) in [5.74, 6) is 0. The first-order valence-corrected chi connectivity index (χ1v) is 4.95. The molecule has 68 valence electrons. The summed E-state index contributed by atoms with van der Waals surface area (Å²) >= 11 is 0. The van der Waals surface area contributed by atoms with Crippen molar-refractivity contribution < 1.29 is 8.42 Å². The van der Waals surface area contributed by atoms with Gasteiger partial charge in [-0.05, 0) is 6.42 Å². The Hall–Kier alpha value is -0.170. The Morgan fingerprint density at radius 1 is 1.55 bits per heavy atom. The van der Waals surface area contributed by atoms with Crippen LogP contribution in [0.1, 0.15) is 13.3 Å². The fourth-order valence-corrected chi connectivity index (χ4v) is 1.40. The van der Waals surface area contributed by atoms with E-state index in [1.165, 1.54) is 7.05 Å². The second-order valence-corrected chi connectivity index (χ2v) is 3.82. The molecule has 0 aliphatic rings. The van der Waals surface area contributed by atoms with Gasteiger partial charge in [-0.15, -0.1) is 0 Å². The molecule has 5 nitrogen and oxygen atoms in total. The highest BCUT2D eigenvalue weighted by Gasteiger charge is 2.11. The van der Waals surface area contributed by atoms with Crippen molar-refractivity contribution in [1.29, 1.82) is 0 Å². The van der Waals surface area contributed by atoms with Crippen LogP contribution in [0.15, 0.2) is 0 Å². The molecule has 0 saturated heterocycles. The first-order valence-electron chi connectivity index (χ1n) is 3.46. The molecule has 11 heavy (non-hydrogen) atoms. The van der Waals surface area contributed by atoms with Crippen molar-refractivity contribution in [2.75, 3.05) is 13.6 Å². The molecule has 0 spiro atoms. The summed E-state index contributed by atoms with van der Waals surface area (Å²) in [4.78, 5) is 0. The van der Waals surface area contributed by atoms with E-state index >= 15 is 0 Å². The van der Waals surface area contributed by atoms with Crippen molar-refractivity contribution in [1.82, 2.24) is 9.44 Å². The van der Waals surface area contributed by atoms with E-state index in [-0.39, 0.29) is 6.04 Å². The van der Waals surface area contributed by atoms with Gasteiger partial charge in [-0.1, -0.05) is 6.92 Å². The molecule has 0 heterocycles. The van der Waals surface area contributed by atoms with Crippen molar-refractivity contribution in [2.45, 2.75) is 19.4 Å². The van der Waals surface area contributed by atoms with Gasteiger partial charge < -0.3 is 5.73 Å². The predicted octanol–water partition coefficient (Wildman–Crippen LogP) is -1.22. The standard InChI is InChI=1S/C5H15N3O2S/c1-3-5(4-6)8-11(9,10)7-2/h5,7-8H,3-4,6H2,1-2H3. The Kier molecular flexibility index (Phi) is 4.58. The fraction of sp³-hybridized carbons (Fsp3) is 1.00. The van der Waals surface area contributed by atoms with Crippen molar-refractivity contribution >= 4 is 10.2 Å². The molecule has 1 unspecified atom stereocenters. The van der Waals surface area contributed by atoms with Gasteiger partial charge in [0.25, 0.3) is 10.2 Å². The minimum Gasteiger partial charge on any atom is -0.329 e. The average Bonchev–Trinajstić information content (AvgIpc) is 2.00. The minimum absolute atomic E-state index is 0.174. The maximum atomic E-state index is 10.8. The summed E-state index contributed by atoms with van der Waals surface area (Å²) in [5.41, 5.74) is 5.29. The highest BCUT2D eigenvalue weighted by atomic mass is 32.2. The quantitative estimate of drug-likeness (QED) is 0.497. The lowest BCUT2D eigenvalue weighted by atomic mass is 10.2. The molecule has 0 aliphatic carbocycles. The van der Waals surface area contributed by atoms with Crippen LogP contribution in [0, 0.1) is 0 Å². The molecule has 0 rings (SSSR count). The van der Waals surface area contributed by atoms with Crippen LogP contribution in [0.2, 0.25) is 0 Å². The lowest BCUT2D eigenvalue weighted by Gasteiger charge is -2.13. The summed E-state index contributed by atoms with van der Waals surface area (Å²) < 4.78 is 26.2. The summed E-state index contributed by atoms with van der Waals surface area (Å²) in [6, 6.07) is -0.174. The topological polar surface area (TPSA) is 84.2 Å². The largest absolute Gasteiger partial charge is 0.329 e. The van der Waals surface area contributed by atoms with Crippen molar-refractivity contribution in [2.24, 2.45) is 5.73 Å². The Balaban J connectivity index is 4.01. The molecular formula is C5H15N3O2S. The minimum atomic E-state index is -3.32. The van der Waals surface area contributed by atoms with Crippen LogP contribution >= 0.6 is 0 Å². The monoisotopic (exact) mass is 181 g/mol. The molecule has 0 aromatic rings. The second-order valence-electron chi connectivity index (χ2n) is 2.17. The van der Waals surface area contributed by atoms with Gasteiger partial charge in [-0.3, -0.25) is 0 Å². The van der Waals surface area contributed by atoms with Crippen LogP contribution in [-0.4, -0.2) is 28.1 Å². The van der Waals surface area contributed by atoms with Gasteiger partial charge in [-0.25, -0.2) is 4.72 Å². The molecular weight excluding hydrogens is 166 g/mol. The van der Waals surface area contributed by atoms with E-state index in [0.29, 0.717) is 13.0 Å². The highest BCUT2D eigenvalue weighted by Crippen LogP contribution is 1.89. The average molecular weight is 181 g/mol. The zero-order chi connectivity index (χ0) is 8.91. The third-order valence-electron chi connectivity index (χ3n) is 1.37. The summed E-state index contributed by atoms with van der Waals surface area (Å²) in [7, 11) is -1.97. The van der Waals surface area contributed by atoms with E-state index < -0.39 is 10.2 Å². The van der Waals surface area contributed by atoms with E-state index in [2.05, 4.69) is 9.44 Å². The summed E-state index contributed by atoms with van der Waals surface area (Å²) in [6.07, 6.45) is 0.692. The Morgan fingerprint density at radius 3 is 2.36 bits per heavy atom. The van der Waals surface area contributed by atoms with Crippen LogP contribution < -0.4 is 15.2 Å².